The minimum Gasteiger partial charge on any atom is -0.352 e. The van der Waals surface area contributed by atoms with E-state index in [1.54, 1.807) is 24.7 Å². The number of rotatable bonds is 5. The molecule has 4 heterocycles. The van der Waals surface area contributed by atoms with Gasteiger partial charge in [0.1, 0.15) is 0 Å². The summed E-state index contributed by atoms with van der Waals surface area (Å²) in [6.07, 6.45) is 0.814. The van der Waals surface area contributed by atoms with Gasteiger partial charge >= 0.3 is 6.18 Å². The van der Waals surface area contributed by atoms with E-state index in [1.165, 1.54) is 12.1 Å². The van der Waals surface area contributed by atoms with Crippen LogP contribution in [0.5, 0.6) is 0 Å². The van der Waals surface area contributed by atoms with Crippen molar-refractivity contribution in [3.63, 3.8) is 0 Å². The number of nitrogens with one attached hydrogen (secondary N) is 1. The second-order valence-corrected chi connectivity index (χ2v) is 9.21. The number of thiocarbonyl (C=S) groups is 1. The second kappa shape index (κ2) is 9.39. The van der Waals surface area contributed by atoms with Crippen LogP contribution in [0.15, 0.2) is 79.3 Å². The van der Waals surface area contributed by atoms with Crippen LogP contribution in [-0.4, -0.2) is 24.5 Å². The van der Waals surface area contributed by atoms with E-state index >= 15 is 0 Å². The summed E-state index contributed by atoms with van der Waals surface area (Å²) in [5.41, 5.74) is 4.34. The fourth-order valence-corrected chi connectivity index (χ4v) is 5.21. The van der Waals surface area contributed by atoms with Crippen molar-refractivity contribution in [1.29, 1.82) is 0 Å². The molecule has 0 bridgehead atoms. The molecule has 0 saturated carbocycles. The molecule has 2 atom stereocenters. The highest BCUT2D eigenvalue weighted by atomic mass is 32.1. The van der Waals surface area contributed by atoms with E-state index in [0.29, 0.717) is 17.3 Å². The van der Waals surface area contributed by atoms with E-state index in [-0.39, 0.29) is 12.1 Å². The van der Waals surface area contributed by atoms with Crippen molar-refractivity contribution in [2.45, 2.75) is 38.7 Å². The third-order valence-corrected chi connectivity index (χ3v) is 6.87. The molecule has 4 aromatic rings. The molecule has 9 heteroatoms. The highest BCUT2D eigenvalue weighted by Gasteiger charge is 2.41. The van der Waals surface area contributed by atoms with Gasteiger partial charge < -0.3 is 14.8 Å². The molecule has 0 amide bonds. The summed E-state index contributed by atoms with van der Waals surface area (Å²) in [6.45, 7) is 4.39. The number of benzene rings is 1. The van der Waals surface area contributed by atoms with Crippen molar-refractivity contribution in [1.82, 2.24) is 24.8 Å². The monoisotopic (exact) mass is 507 g/mol. The van der Waals surface area contributed by atoms with Gasteiger partial charge in [0.05, 0.1) is 23.3 Å². The van der Waals surface area contributed by atoms with E-state index in [2.05, 4.69) is 20.2 Å². The number of hydrogen-bond donors (Lipinski definition) is 1. The Labute approximate surface area is 212 Å². The zero-order valence-electron chi connectivity index (χ0n) is 19.7. The summed E-state index contributed by atoms with van der Waals surface area (Å²) >= 11 is 5.77. The van der Waals surface area contributed by atoms with E-state index in [9.17, 15) is 13.2 Å². The Morgan fingerprint density at radius 2 is 1.75 bits per heavy atom. The van der Waals surface area contributed by atoms with E-state index in [4.69, 9.17) is 12.2 Å². The van der Waals surface area contributed by atoms with Crippen LogP contribution in [0.4, 0.5) is 13.2 Å². The Bertz CT molecular complexity index is 1390. The van der Waals surface area contributed by atoms with Crippen LogP contribution >= 0.6 is 12.2 Å². The first-order valence-corrected chi connectivity index (χ1v) is 11.9. The average molecular weight is 508 g/mol. The summed E-state index contributed by atoms with van der Waals surface area (Å²) < 4.78 is 42.1. The van der Waals surface area contributed by atoms with Crippen molar-refractivity contribution in [3.8, 4) is 5.69 Å². The lowest BCUT2D eigenvalue weighted by atomic mass is 9.96. The van der Waals surface area contributed by atoms with Crippen LogP contribution in [0.2, 0.25) is 0 Å². The minimum atomic E-state index is -4.42. The van der Waals surface area contributed by atoms with Crippen LogP contribution in [0.3, 0.4) is 0 Å². The molecule has 0 radical (unpaired) electrons. The van der Waals surface area contributed by atoms with Crippen LogP contribution in [0.1, 0.15) is 45.9 Å². The first kappa shape index (κ1) is 24.0. The van der Waals surface area contributed by atoms with Crippen LogP contribution in [0, 0.1) is 13.8 Å². The molecule has 1 N–H and O–H groups in total. The van der Waals surface area contributed by atoms with Gasteiger partial charge in [0.2, 0.25) is 0 Å². The third-order valence-electron chi connectivity index (χ3n) is 6.52. The lowest BCUT2D eigenvalue weighted by Crippen LogP contribution is -2.29. The summed E-state index contributed by atoms with van der Waals surface area (Å²) in [5.74, 6) is 0. The van der Waals surface area contributed by atoms with Crippen molar-refractivity contribution in [3.05, 3.63) is 113 Å². The van der Waals surface area contributed by atoms with Gasteiger partial charge in [0, 0.05) is 42.2 Å². The molecule has 1 fully saturated rings. The topological polar surface area (TPSA) is 46.0 Å². The number of nitrogens with zero attached hydrogens (tertiary/aromatic N) is 4. The molecular formula is C27H24F3N5S. The fourth-order valence-electron chi connectivity index (χ4n) is 4.90. The number of halogens is 3. The fraction of sp³-hybridized carbons (Fsp3) is 0.222. The van der Waals surface area contributed by atoms with Gasteiger partial charge in [0.15, 0.2) is 5.11 Å². The SMILES string of the molecule is Cc1cc([C@@H]2[C@H](c3ccccn3)NC(=S)N2Cc2ccncc2)c(C)n1-c1cccc(C(F)(F)F)c1. The second-order valence-electron chi connectivity index (χ2n) is 8.82. The van der Waals surface area contributed by atoms with Gasteiger partial charge in [-0.05, 0) is 85.7 Å². The molecule has 0 unspecified atom stereocenters. The first-order chi connectivity index (χ1) is 17.2. The Hall–Kier alpha value is -3.72. The van der Waals surface area contributed by atoms with Crippen LogP contribution in [-0.2, 0) is 12.7 Å². The van der Waals surface area contributed by atoms with E-state index in [0.717, 1.165) is 34.3 Å². The molecule has 1 aliphatic rings. The maximum absolute atomic E-state index is 13.4. The van der Waals surface area contributed by atoms with Gasteiger partial charge in [-0.2, -0.15) is 13.2 Å². The Morgan fingerprint density at radius 1 is 0.972 bits per heavy atom. The molecule has 36 heavy (non-hydrogen) atoms. The minimum absolute atomic E-state index is 0.216. The molecule has 5 rings (SSSR count). The molecule has 0 aliphatic carbocycles. The summed E-state index contributed by atoms with van der Waals surface area (Å²) in [6, 6.07) is 16.6. The number of aryl methyl sites for hydroxylation is 1. The molecule has 1 aliphatic heterocycles. The smallest absolute Gasteiger partial charge is 0.352 e. The Kier molecular flexibility index (Phi) is 6.26. The van der Waals surface area contributed by atoms with Crippen LogP contribution in [0.25, 0.3) is 5.69 Å². The summed E-state index contributed by atoms with van der Waals surface area (Å²) in [7, 11) is 0. The highest BCUT2D eigenvalue weighted by Crippen LogP contribution is 2.42. The Morgan fingerprint density at radius 3 is 2.44 bits per heavy atom. The first-order valence-electron chi connectivity index (χ1n) is 11.5. The normalized spacial score (nSPS) is 17.9. The lowest BCUT2D eigenvalue weighted by Gasteiger charge is -2.28. The molecule has 3 aromatic heterocycles. The van der Waals surface area contributed by atoms with Gasteiger partial charge in [-0.25, -0.2) is 0 Å². The van der Waals surface area contributed by atoms with Crippen molar-refractivity contribution >= 4 is 17.3 Å². The lowest BCUT2D eigenvalue weighted by molar-refractivity contribution is -0.137. The average Bonchev–Trinajstić information content (AvgIpc) is 3.34. The van der Waals surface area contributed by atoms with Crippen molar-refractivity contribution in [2.75, 3.05) is 0 Å². The van der Waals surface area contributed by atoms with Crippen molar-refractivity contribution < 1.29 is 13.2 Å². The molecule has 0 spiro atoms. The van der Waals surface area contributed by atoms with Gasteiger partial charge in [-0.15, -0.1) is 0 Å². The van der Waals surface area contributed by atoms with E-state index < -0.39 is 11.7 Å². The number of alkyl halides is 3. The number of hydrogen-bond acceptors (Lipinski definition) is 3. The molecule has 184 valence electrons. The largest absolute Gasteiger partial charge is 0.416 e. The number of aromatic nitrogens is 3. The molecule has 5 nitrogen and oxygen atoms in total. The maximum Gasteiger partial charge on any atom is 0.416 e. The van der Waals surface area contributed by atoms with Gasteiger partial charge in [0.25, 0.3) is 0 Å². The third kappa shape index (κ3) is 4.46. The standard InChI is InChI=1S/C27H24F3N5S/c1-17-14-22(18(2)35(17)21-7-5-6-20(15-21)27(28,29)30)25-24(23-8-3-4-11-32-23)33-26(36)34(25)16-19-9-12-31-13-10-19/h3-15,24-25H,16H2,1-2H3,(H,33,36)/t24-,25+/m0/s1. The van der Waals surface area contributed by atoms with Gasteiger partial charge in [-0.3, -0.25) is 9.97 Å². The van der Waals surface area contributed by atoms with Gasteiger partial charge in [-0.1, -0.05) is 12.1 Å². The number of pyridine rings is 2. The zero-order valence-corrected chi connectivity index (χ0v) is 20.5. The van der Waals surface area contributed by atoms with Crippen molar-refractivity contribution in [2.24, 2.45) is 0 Å². The zero-order chi connectivity index (χ0) is 25.4. The maximum atomic E-state index is 13.4. The molecular weight excluding hydrogens is 483 g/mol. The van der Waals surface area contributed by atoms with E-state index in [1.807, 2.05) is 54.8 Å². The predicted octanol–water partition coefficient (Wildman–Crippen LogP) is 6.08. The summed E-state index contributed by atoms with van der Waals surface area (Å²) in [4.78, 5) is 10.8. The molecule has 1 saturated heterocycles. The predicted molar refractivity (Wildman–Crippen MR) is 135 cm³/mol. The summed E-state index contributed by atoms with van der Waals surface area (Å²) in [5, 5.41) is 4.03. The Balaban J connectivity index is 1.62. The van der Waals surface area contributed by atoms with Crippen LogP contribution < -0.4 is 5.32 Å². The highest BCUT2D eigenvalue weighted by molar-refractivity contribution is 7.80. The molecule has 1 aromatic carbocycles. The quantitative estimate of drug-likeness (QED) is 0.332.